The minimum Gasteiger partial charge on any atom is -0.497 e. The summed E-state index contributed by atoms with van der Waals surface area (Å²) in [6.45, 7) is 2.14. The van der Waals surface area contributed by atoms with Crippen molar-refractivity contribution >= 4 is 17.7 Å². The summed E-state index contributed by atoms with van der Waals surface area (Å²) in [4.78, 5) is 12.8. The van der Waals surface area contributed by atoms with Gasteiger partial charge in [-0.1, -0.05) is 48.5 Å². The molecule has 1 aliphatic carbocycles. The Kier molecular flexibility index (Phi) is 7.39. The molecule has 3 aromatic rings. The maximum atomic E-state index is 12.8. The summed E-state index contributed by atoms with van der Waals surface area (Å²) in [7, 11) is 1.65. The van der Waals surface area contributed by atoms with Crippen molar-refractivity contribution < 1.29 is 14.3 Å². The standard InChI is InChI=1S/C27H32N4O3S/c1-33-22-12-10-20(11-13-22)25-29-30-26(31(25)17-23-9-5-16-34-23)35-18-24(32)28-19-27(14-6-15-27)21-7-3-2-4-8-21/h2-4,7-8,10-13,23H,5-6,9,14-19H2,1H3,(H,28,32). The minimum absolute atomic E-state index is 0.0230. The molecule has 1 aromatic heterocycles. The van der Waals surface area contributed by atoms with Crippen LogP contribution in [0.2, 0.25) is 0 Å². The van der Waals surface area contributed by atoms with E-state index in [1.165, 1.54) is 23.7 Å². The number of hydrogen-bond donors (Lipinski definition) is 1. The smallest absolute Gasteiger partial charge is 0.230 e. The zero-order chi connectivity index (χ0) is 24.1. The minimum atomic E-state index is 0.0230. The highest BCUT2D eigenvalue weighted by Gasteiger charge is 2.38. The summed E-state index contributed by atoms with van der Waals surface area (Å²) in [6.07, 6.45) is 5.67. The number of nitrogens with one attached hydrogen (secondary N) is 1. The summed E-state index contributed by atoms with van der Waals surface area (Å²) >= 11 is 1.43. The van der Waals surface area contributed by atoms with Gasteiger partial charge in [0.15, 0.2) is 11.0 Å². The number of thioether (sulfide) groups is 1. The van der Waals surface area contributed by atoms with Crippen LogP contribution in [0.5, 0.6) is 5.75 Å². The van der Waals surface area contributed by atoms with Gasteiger partial charge in [-0.3, -0.25) is 9.36 Å². The van der Waals surface area contributed by atoms with Gasteiger partial charge < -0.3 is 14.8 Å². The predicted molar refractivity (Wildman–Crippen MR) is 137 cm³/mol. The molecular weight excluding hydrogens is 460 g/mol. The van der Waals surface area contributed by atoms with Gasteiger partial charge in [-0.15, -0.1) is 10.2 Å². The van der Waals surface area contributed by atoms with Gasteiger partial charge in [0, 0.05) is 24.1 Å². The number of hydrogen-bond acceptors (Lipinski definition) is 6. The predicted octanol–water partition coefficient (Wildman–Crippen LogP) is 4.46. The van der Waals surface area contributed by atoms with Crippen molar-refractivity contribution in [1.82, 2.24) is 20.1 Å². The summed E-state index contributed by atoms with van der Waals surface area (Å²) < 4.78 is 13.3. The van der Waals surface area contributed by atoms with E-state index < -0.39 is 0 Å². The number of aromatic nitrogens is 3. The quantitative estimate of drug-likeness (QED) is 0.421. The van der Waals surface area contributed by atoms with Gasteiger partial charge in [-0.05, 0) is 55.5 Å². The third-order valence-electron chi connectivity index (χ3n) is 7.13. The van der Waals surface area contributed by atoms with Crippen molar-refractivity contribution in [3.8, 4) is 17.1 Å². The number of nitrogens with zero attached hydrogens (tertiary/aromatic N) is 3. The van der Waals surface area contributed by atoms with Crippen molar-refractivity contribution in [3.63, 3.8) is 0 Å². The number of ether oxygens (including phenoxy) is 2. The molecule has 1 saturated heterocycles. The van der Waals surface area contributed by atoms with Gasteiger partial charge in [0.05, 0.1) is 25.5 Å². The Balaban J connectivity index is 1.25. The molecule has 2 aliphatic rings. The van der Waals surface area contributed by atoms with Gasteiger partial charge in [0.1, 0.15) is 5.75 Å². The number of rotatable bonds is 10. The van der Waals surface area contributed by atoms with Crippen LogP contribution in [0.25, 0.3) is 11.4 Å². The molecule has 35 heavy (non-hydrogen) atoms. The first-order chi connectivity index (χ1) is 17.2. The molecule has 1 atom stereocenters. The molecule has 0 spiro atoms. The second-order valence-corrected chi connectivity index (χ2v) is 10.3. The Morgan fingerprint density at radius 2 is 1.94 bits per heavy atom. The lowest BCUT2D eigenvalue weighted by Gasteiger charge is -2.42. The van der Waals surface area contributed by atoms with E-state index in [-0.39, 0.29) is 17.4 Å². The van der Waals surface area contributed by atoms with Crippen LogP contribution in [0.3, 0.4) is 0 Å². The third-order valence-corrected chi connectivity index (χ3v) is 8.10. The zero-order valence-electron chi connectivity index (χ0n) is 20.1. The summed E-state index contributed by atoms with van der Waals surface area (Å²) in [6, 6.07) is 18.4. The first-order valence-corrected chi connectivity index (χ1v) is 13.3. The van der Waals surface area contributed by atoms with Crippen LogP contribution in [-0.2, 0) is 21.5 Å². The third kappa shape index (κ3) is 5.38. The molecule has 2 aromatic carbocycles. The fourth-order valence-electron chi connectivity index (χ4n) is 4.92. The molecule has 2 fully saturated rings. The van der Waals surface area contributed by atoms with E-state index >= 15 is 0 Å². The highest BCUT2D eigenvalue weighted by Crippen LogP contribution is 2.43. The van der Waals surface area contributed by atoms with Crippen molar-refractivity contribution in [1.29, 1.82) is 0 Å². The van der Waals surface area contributed by atoms with E-state index in [0.717, 1.165) is 54.6 Å². The van der Waals surface area contributed by atoms with Crippen molar-refractivity contribution in [2.24, 2.45) is 0 Å². The van der Waals surface area contributed by atoms with E-state index in [4.69, 9.17) is 9.47 Å². The second-order valence-electron chi connectivity index (χ2n) is 9.35. The second kappa shape index (κ2) is 10.8. The normalized spacial score (nSPS) is 18.7. The largest absolute Gasteiger partial charge is 0.497 e. The van der Waals surface area contributed by atoms with E-state index in [1.54, 1.807) is 7.11 Å². The lowest BCUT2D eigenvalue weighted by atomic mass is 9.64. The van der Waals surface area contributed by atoms with Gasteiger partial charge in [0.25, 0.3) is 0 Å². The van der Waals surface area contributed by atoms with E-state index in [0.29, 0.717) is 18.8 Å². The molecule has 1 aliphatic heterocycles. The molecular formula is C27H32N4O3S. The van der Waals surface area contributed by atoms with E-state index in [9.17, 15) is 4.79 Å². The van der Waals surface area contributed by atoms with Gasteiger partial charge >= 0.3 is 0 Å². The highest BCUT2D eigenvalue weighted by atomic mass is 32.2. The molecule has 2 heterocycles. The van der Waals surface area contributed by atoms with Crippen molar-refractivity contribution in [2.75, 3.05) is 26.0 Å². The number of carbonyl (C=O) groups is 1. The summed E-state index contributed by atoms with van der Waals surface area (Å²) in [5.41, 5.74) is 2.35. The monoisotopic (exact) mass is 492 g/mol. The Bertz CT molecular complexity index is 1120. The molecule has 5 rings (SSSR count). The summed E-state index contributed by atoms with van der Waals surface area (Å²) in [5.74, 6) is 1.90. The average Bonchev–Trinajstić information content (AvgIpc) is 3.53. The molecule has 0 bridgehead atoms. The van der Waals surface area contributed by atoms with Crippen LogP contribution in [-0.4, -0.2) is 52.8 Å². The number of carbonyl (C=O) groups excluding carboxylic acids is 1. The Hall–Kier alpha value is -2.84. The first kappa shape index (κ1) is 23.9. The van der Waals surface area contributed by atoms with E-state index in [2.05, 4.69) is 44.3 Å². The lowest BCUT2D eigenvalue weighted by molar-refractivity contribution is -0.119. The molecule has 1 saturated carbocycles. The molecule has 0 radical (unpaired) electrons. The average molecular weight is 493 g/mol. The van der Waals surface area contributed by atoms with E-state index in [1.807, 2.05) is 30.3 Å². The molecule has 8 heteroatoms. The van der Waals surface area contributed by atoms with Crippen molar-refractivity contribution in [3.05, 3.63) is 60.2 Å². The maximum absolute atomic E-state index is 12.8. The highest BCUT2D eigenvalue weighted by molar-refractivity contribution is 7.99. The first-order valence-electron chi connectivity index (χ1n) is 12.3. The van der Waals surface area contributed by atoms with Crippen LogP contribution in [0.1, 0.15) is 37.7 Å². The van der Waals surface area contributed by atoms with Crippen molar-refractivity contribution in [2.45, 2.75) is 55.3 Å². The fourth-order valence-corrected chi connectivity index (χ4v) is 5.70. The molecule has 1 unspecified atom stereocenters. The number of amides is 1. The summed E-state index contributed by atoms with van der Waals surface area (Å²) in [5, 5.41) is 12.8. The Morgan fingerprint density at radius 1 is 1.14 bits per heavy atom. The van der Waals surface area contributed by atoms with Crippen LogP contribution in [0, 0.1) is 0 Å². The van der Waals surface area contributed by atoms with Crippen LogP contribution >= 0.6 is 11.8 Å². The Morgan fingerprint density at radius 3 is 2.60 bits per heavy atom. The van der Waals surface area contributed by atoms with Crippen LogP contribution < -0.4 is 10.1 Å². The molecule has 184 valence electrons. The maximum Gasteiger partial charge on any atom is 0.230 e. The fraction of sp³-hybridized carbons (Fsp3) is 0.444. The van der Waals surface area contributed by atoms with Crippen LogP contribution in [0.4, 0.5) is 0 Å². The van der Waals surface area contributed by atoms with Gasteiger partial charge in [-0.25, -0.2) is 0 Å². The lowest BCUT2D eigenvalue weighted by Crippen LogP contribution is -2.46. The van der Waals surface area contributed by atoms with Crippen LogP contribution in [0.15, 0.2) is 59.8 Å². The zero-order valence-corrected chi connectivity index (χ0v) is 20.9. The van der Waals surface area contributed by atoms with Gasteiger partial charge in [-0.2, -0.15) is 0 Å². The topological polar surface area (TPSA) is 78.3 Å². The SMILES string of the molecule is COc1ccc(-c2nnc(SCC(=O)NCC3(c4ccccc4)CCC3)n2CC2CCCO2)cc1. The molecule has 1 amide bonds. The number of benzene rings is 2. The molecule has 1 N–H and O–H groups in total. The number of methoxy groups -OCH3 is 1. The Labute approximate surface area is 210 Å². The van der Waals surface area contributed by atoms with Gasteiger partial charge in [0.2, 0.25) is 5.91 Å². The molecule has 7 nitrogen and oxygen atoms in total.